The Bertz CT molecular complexity index is 1300. The van der Waals surface area contributed by atoms with Crippen molar-refractivity contribution in [1.82, 2.24) is 14.1 Å². The molecule has 0 saturated carbocycles. The van der Waals surface area contributed by atoms with Crippen molar-refractivity contribution in [1.29, 1.82) is 0 Å². The number of anilines is 1. The number of hydrogen-bond donors (Lipinski definition) is 1. The zero-order valence-corrected chi connectivity index (χ0v) is 18.1. The van der Waals surface area contributed by atoms with E-state index in [9.17, 15) is 14.4 Å². The quantitative estimate of drug-likeness (QED) is 0.606. The summed E-state index contributed by atoms with van der Waals surface area (Å²) in [5.74, 6) is 0.706. The Morgan fingerprint density at radius 2 is 1.84 bits per heavy atom. The van der Waals surface area contributed by atoms with Gasteiger partial charge in [-0.1, -0.05) is 13.0 Å². The van der Waals surface area contributed by atoms with Crippen LogP contribution in [0.2, 0.25) is 0 Å². The average Bonchev–Trinajstić information content (AvgIpc) is 2.79. The molecule has 0 aliphatic heterocycles. The first-order valence-corrected chi connectivity index (χ1v) is 9.61. The second-order valence-corrected chi connectivity index (χ2v) is 6.85. The smallest absolute Gasteiger partial charge is 0.332 e. The van der Waals surface area contributed by atoms with Crippen LogP contribution in [-0.2, 0) is 25.3 Å². The van der Waals surface area contributed by atoms with E-state index >= 15 is 0 Å². The van der Waals surface area contributed by atoms with E-state index in [0.29, 0.717) is 29.2 Å². The lowest BCUT2D eigenvalue weighted by molar-refractivity contribution is -0.111. The van der Waals surface area contributed by atoms with Crippen molar-refractivity contribution in [2.75, 3.05) is 19.5 Å². The van der Waals surface area contributed by atoms with Crippen LogP contribution in [0.1, 0.15) is 18.1 Å². The van der Waals surface area contributed by atoms with Crippen molar-refractivity contribution in [3.63, 3.8) is 0 Å². The van der Waals surface area contributed by atoms with Gasteiger partial charge in [0.05, 0.1) is 19.9 Å². The van der Waals surface area contributed by atoms with Gasteiger partial charge in [0.25, 0.3) is 5.56 Å². The maximum absolute atomic E-state index is 12.8. The molecule has 1 N–H and O–H groups in total. The van der Waals surface area contributed by atoms with Crippen LogP contribution in [0, 0.1) is 0 Å². The first kappa shape index (κ1) is 21.8. The van der Waals surface area contributed by atoms with Crippen molar-refractivity contribution in [2.24, 2.45) is 14.1 Å². The SMILES string of the molecule is CCc1cnc2c(c1NC(=O)/C=C\c1ccc(OC)c(OC)c1)c(=O)n(C)c(=O)n2C. The van der Waals surface area contributed by atoms with Gasteiger partial charge in [-0.3, -0.25) is 18.7 Å². The van der Waals surface area contributed by atoms with Gasteiger partial charge < -0.3 is 14.8 Å². The minimum Gasteiger partial charge on any atom is -0.493 e. The molecule has 2 heterocycles. The molecule has 9 nitrogen and oxygen atoms in total. The summed E-state index contributed by atoms with van der Waals surface area (Å²) in [5, 5.41) is 2.98. The Labute approximate surface area is 178 Å². The van der Waals surface area contributed by atoms with E-state index in [-0.39, 0.29) is 11.0 Å². The van der Waals surface area contributed by atoms with Crippen LogP contribution < -0.4 is 26.0 Å². The number of pyridine rings is 1. The minimum atomic E-state index is -0.514. The highest BCUT2D eigenvalue weighted by Crippen LogP contribution is 2.28. The lowest BCUT2D eigenvalue weighted by atomic mass is 10.1. The van der Waals surface area contributed by atoms with Crippen molar-refractivity contribution >= 4 is 28.7 Å². The first-order chi connectivity index (χ1) is 14.8. The third-order valence-electron chi connectivity index (χ3n) is 5.01. The molecule has 0 spiro atoms. The summed E-state index contributed by atoms with van der Waals surface area (Å²) in [4.78, 5) is 42.0. The molecular weight excluding hydrogens is 400 g/mol. The van der Waals surface area contributed by atoms with Gasteiger partial charge in [-0.2, -0.15) is 0 Å². The number of nitrogens with zero attached hydrogens (tertiary/aromatic N) is 3. The van der Waals surface area contributed by atoms with Gasteiger partial charge in [-0.25, -0.2) is 9.78 Å². The number of fused-ring (bicyclic) bond motifs is 1. The highest BCUT2D eigenvalue weighted by atomic mass is 16.5. The van der Waals surface area contributed by atoms with Crippen molar-refractivity contribution in [3.8, 4) is 11.5 Å². The van der Waals surface area contributed by atoms with E-state index in [1.807, 2.05) is 6.92 Å². The predicted octanol–water partition coefficient (Wildman–Crippen LogP) is 1.86. The molecule has 0 fully saturated rings. The van der Waals surface area contributed by atoms with E-state index in [1.165, 1.54) is 31.8 Å². The van der Waals surface area contributed by atoms with E-state index in [4.69, 9.17) is 9.47 Å². The molecule has 0 radical (unpaired) electrons. The topological polar surface area (TPSA) is 104 Å². The van der Waals surface area contributed by atoms with Crippen LogP contribution in [0.15, 0.2) is 40.1 Å². The molecule has 1 aromatic carbocycles. The molecule has 0 unspecified atom stereocenters. The van der Waals surface area contributed by atoms with Crippen molar-refractivity contribution < 1.29 is 14.3 Å². The second-order valence-electron chi connectivity index (χ2n) is 6.85. The van der Waals surface area contributed by atoms with Gasteiger partial charge in [0.15, 0.2) is 17.1 Å². The first-order valence-electron chi connectivity index (χ1n) is 9.61. The van der Waals surface area contributed by atoms with Gasteiger partial charge in [-0.05, 0) is 35.8 Å². The summed E-state index contributed by atoms with van der Waals surface area (Å²) in [6.45, 7) is 1.89. The third-order valence-corrected chi connectivity index (χ3v) is 5.01. The molecule has 0 atom stereocenters. The fourth-order valence-electron chi connectivity index (χ4n) is 3.27. The monoisotopic (exact) mass is 424 g/mol. The summed E-state index contributed by atoms with van der Waals surface area (Å²) in [6, 6.07) is 5.27. The summed E-state index contributed by atoms with van der Waals surface area (Å²) in [7, 11) is 6.01. The molecule has 0 bridgehead atoms. The number of benzene rings is 1. The fraction of sp³-hybridized carbons (Fsp3) is 0.273. The minimum absolute atomic E-state index is 0.191. The number of methoxy groups -OCH3 is 2. The highest BCUT2D eigenvalue weighted by Gasteiger charge is 2.17. The lowest BCUT2D eigenvalue weighted by Gasteiger charge is -2.14. The third kappa shape index (κ3) is 4.07. The number of aromatic nitrogens is 3. The van der Waals surface area contributed by atoms with E-state index in [2.05, 4.69) is 10.3 Å². The highest BCUT2D eigenvalue weighted by molar-refractivity contribution is 6.07. The average molecular weight is 424 g/mol. The Balaban J connectivity index is 2.01. The molecule has 3 rings (SSSR count). The molecule has 1 amide bonds. The van der Waals surface area contributed by atoms with Gasteiger partial charge in [0, 0.05) is 26.4 Å². The maximum atomic E-state index is 12.8. The summed E-state index contributed by atoms with van der Waals surface area (Å²) < 4.78 is 12.8. The fourth-order valence-corrected chi connectivity index (χ4v) is 3.27. The van der Waals surface area contributed by atoms with E-state index in [0.717, 1.165) is 10.1 Å². The lowest BCUT2D eigenvalue weighted by Crippen LogP contribution is -2.37. The molecule has 162 valence electrons. The molecule has 31 heavy (non-hydrogen) atoms. The molecule has 0 saturated heterocycles. The number of carbonyl (C=O) groups is 1. The summed E-state index contributed by atoms with van der Waals surface area (Å²) >= 11 is 0. The zero-order valence-electron chi connectivity index (χ0n) is 18.1. The number of rotatable bonds is 6. The molecule has 9 heteroatoms. The van der Waals surface area contributed by atoms with Crippen LogP contribution in [0.25, 0.3) is 17.1 Å². The maximum Gasteiger partial charge on any atom is 0.332 e. The van der Waals surface area contributed by atoms with Crippen molar-refractivity contribution in [2.45, 2.75) is 13.3 Å². The standard InChI is InChI=1S/C22H24N4O5/c1-6-14-12-23-20-18(21(28)26(3)22(29)25(20)2)19(14)24-17(27)10-8-13-7-9-15(30-4)16(11-13)31-5/h7-12H,6H2,1-5H3,(H,23,24,27)/b10-8-. The Kier molecular flexibility index (Phi) is 6.24. The van der Waals surface area contributed by atoms with Crippen LogP contribution >= 0.6 is 0 Å². The van der Waals surface area contributed by atoms with Gasteiger partial charge in [0.2, 0.25) is 5.91 Å². The van der Waals surface area contributed by atoms with Gasteiger partial charge >= 0.3 is 5.69 Å². The van der Waals surface area contributed by atoms with E-state index < -0.39 is 17.2 Å². The summed E-state index contributed by atoms with van der Waals surface area (Å²) in [6.07, 6.45) is 5.10. The van der Waals surface area contributed by atoms with Crippen LogP contribution in [0.3, 0.4) is 0 Å². The van der Waals surface area contributed by atoms with Crippen LogP contribution in [0.4, 0.5) is 5.69 Å². The number of amides is 1. The van der Waals surface area contributed by atoms with Crippen LogP contribution in [0.5, 0.6) is 11.5 Å². The van der Waals surface area contributed by atoms with Gasteiger partial charge in [-0.15, -0.1) is 0 Å². The number of nitrogens with one attached hydrogen (secondary N) is 1. The molecule has 0 aliphatic rings. The molecular formula is C22H24N4O5. The molecule has 3 aromatic rings. The number of hydrogen-bond acceptors (Lipinski definition) is 6. The van der Waals surface area contributed by atoms with Crippen LogP contribution in [-0.4, -0.2) is 34.2 Å². The Hall–Kier alpha value is -3.88. The van der Waals surface area contributed by atoms with E-state index in [1.54, 1.807) is 37.6 Å². The Morgan fingerprint density at radius 1 is 1.13 bits per heavy atom. The Morgan fingerprint density at radius 3 is 2.48 bits per heavy atom. The normalized spacial score (nSPS) is 11.1. The second kappa shape index (κ2) is 8.86. The number of carbonyl (C=O) groups excluding carboxylic acids is 1. The largest absolute Gasteiger partial charge is 0.493 e. The number of ether oxygens (including phenoxy) is 2. The molecule has 2 aromatic heterocycles. The predicted molar refractivity (Wildman–Crippen MR) is 119 cm³/mol. The van der Waals surface area contributed by atoms with Gasteiger partial charge in [0.1, 0.15) is 5.39 Å². The number of aryl methyl sites for hydroxylation is 2. The van der Waals surface area contributed by atoms with Crippen molar-refractivity contribution in [3.05, 3.63) is 62.4 Å². The summed E-state index contributed by atoms with van der Waals surface area (Å²) in [5.41, 5.74) is 0.993. The molecule has 0 aliphatic carbocycles. The zero-order chi connectivity index (χ0) is 22.7.